The summed E-state index contributed by atoms with van der Waals surface area (Å²) in [4.78, 5) is 4.82. The summed E-state index contributed by atoms with van der Waals surface area (Å²) in [5, 5.41) is 3.44. The first-order chi connectivity index (χ1) is 18.0. The average molecular weight is 516 g/mol. The molecule has 5 heteroatoms. The maximum Gasteiger partial charge on any atom is 0.416 e. The van der Waals surface area contributed by atoms with E-state index < -0.39 is 11.7 Å². The largest absolute Gasteiger partial charge is 0.416 e. The normalized spacial score (nSPS) is 21.6. The van der Waals surface area contributed by atoms with Crippen LogP contribution < -0.4 is 0 Å². The highest BCUT2D eigenvalue weighted by Gasteiger charge is 2.36. The number of fused-ring (bicyclic) bond motifs is 4. The zero-order valence-electron chi connectivity index (χ0n) is 20.6. The number of benzene rings is 3. The molecule has 0 saturated heterocycles. The van der Waals surface area contributed by atoms with Gasteiger partial charge in [-0.3, -0.25) is 4.99 Å². The van der Waals surface area contributed by atoms with Crippen LogP contribution in [-0.2, 0) is 12.6 Å². The summed E-state index contributed by atoms with van der Waals surface area (Å²) in [6.07, 6.45) is 7.75. The minimum absolute atomic E-state index is 0.619. The number of rotatable bonds is 3. The van der Waals surface area contributed by atoms with Gasteiger partial charge in [0.2, 0.25) is 0 Å². The molecule has 0 radical (unpaired) electrons. The fourth-order valence-electron chi connectivity index (χ4n) is 6.70. The smallest absolute Gasteiger partial charge is 0.277 e. The fourth-order valence-corrected chi connectivity index (χ4v) is 7.63. The number of nitrogens with zero attached hydrogens (tertiary/aromatic N) is 1. The van der Waals surface area contributed by atoms with Gasteiger partial charge in [0.1, 0.15) is 0 Å². The molecule has 1 heterocycles. The van der Waals surface area contributed by atoms with Crippen molar-refractivity contribution >= 4 is 33.2 Å². The van der Waals surface area contributed by atoms with Gasteiger partial charge in [-0.2, -0.15) is 13.2 Å². The van der Waals surface area contributed by atoms with E-state index in [0.29, 0.717) is 5.92 Å². The lowest BCUT2D eigenvalue weighted by molar-refractivity contribution is -0.137. The molecule has 0 aromatic heterocycles. The number of hydrogen-bond donors (Lipinski definition) is 0. The second-order valence-electron chi connectivity index (χ2n) is 10.7. The molecule has 1 fully saturated rings. The molecule has 3 aliphatic carbocycles. The fraction of sp³-hybridized carbons (Fsp3) is 0.344. The van der Waals surface area contributed by atoms with Gasteiger partial charge in [-0.15, -0.1) is 11.8 Å². The Morgan fingerprint density at radius 3 is 2.38 bits per heavy atom. The van der Waals surface area contributed by atoms with Crippen LogP contribution in [0.2, 0.25) is 0 Å². The lowest BCUT2D eigenvalue weighted by Crippen LogP contribution is -2.29. The molecule has 7 rings (SSSR count). The van der Waals surface area contributed by atoms with E-state index >= 15 is 0 Å². The van der Waals surface area contributed by atoms with E-state index in [1.807, 2.05) is 0 Å². The highest BCUT2D eigenvalue weighted by atomic mass is 32.2. The third-order valence-corrected chi connectivity index (χ3v) is 9.72. The highest BCUT2D eigenvalue weighted by molar-refractivity contribution is 8.14. The Morgan fingerprint density at radius 2 is 1.68 bits per heavy atom. The molecule has 37 heavy (non-hydrogen) atoms. The van der Waals surface area contributed by atoms with Gasteiger partial charge in [-0.05, 0) is 94.7 Å². The van der Waals surface area contributed by atoms with Crippen molar-refractivity contribution in [1.29, 1.82) is 0 Å². The molecule has 1 aliphatic heterocycles. The van der Waals surface area contributed by atoms with Gasteiger partial charge in [0.15, 0.2) is 0 Å². The second kappa shape index (κ2) is 8.90. The molecule has 3 aromatic carbocycles. The van der Waals surface area contributed by atoms with Crippen LogP contribution in [0.3, 0.4) is 0 Å². The molecule has 1 unspecified atom stereocenters. The number of aliphatic imine (C=N–C) groups is 1. The van der Waals surface area contributed by atoms with E-state index in [2.05, 4.69) is 36.4 Å². The van der Waals surface area contributed by atoms with E-state index in [1.54, 1.807) is 29.5 Å². The summed E-state index contributed by atoms with van der Waals surface area (Å²) in [6, 6.07) is 14.4. The standard InChI is InChI=1S/C32H28F3NS/c33-32(34,35)21-10-8-20(9-11-21)22-12-13-26-27(30(22)31-36-16-17-37-31)15-14-25-23-6-1-2-7-24(23)28(18-29(25)26)19-4-3-5-19/h1,6,8-15,19,28H,2-5,7,16-18H2. The minimum atomic E-state index is -4.34. The lowest BCUT2D eigenvalue weighted by Gasteiger charge is -2.41. The van der Waals surface area contributed by atoms with Gasteiger partial charge in [0, 0.05) is 17.9 Å². The second-order valence-corrected chi connectivity index (χ2v) is 11.8. The first-order valence-electron chi connectivity index (χ1n) is 13.3. The van der Waals surface area contributed by atoms with Crippen molar-refractivity contribution < 1.29 is 13.2 Å². The van der Waals surface area contributed by atoms with Crippen LogP contribution >= 0.6 is 11.8 Å². The molecular weight excluding hydrogens is 487 g/mol. The van der Waals surface area contributed by atoms with Gasteiger partial charge >= 0.3 is 6.18 Å². The Morgan fingerprint density at radius 1 is 0.892 bits per heavy atom. The molecule has 188 valence electrons. The molecule has 0 N–H and O–H groups in total. The maximum atomic E-state index is 13.2. The molecule has 4 aliphatic rings. The lowest BCUT2D eigenvalue weighted by atomic mass is 9.64. The molecule has 0 bridgehead atoms. The van der Waals surface area contributed by atoms with Crippen LogP contribution in [0, 0.1) is 11.8 Å². The summed E-state index contributed by atoms with van der Waals surface area (Å²) in [5.41, 5.74) is 8.10. The number of hydrogen-bond acceptors (Lipinski definition) is 2. The van der Waals surface area contributed by atoms with Gasteiger partial charge in [-0.1, -0.05) is 60.5 Å². The van der Waals surface area contributed by atoms with Crippen LogP contribution in [0.25, 0.3) is 27.5 Å². The van der Waals surface area contributed by atoms with Crippen molar-refractivity contribution in [3.63, 3.8) is 0 Å². The Hall–Kier alpha value is -2.79. The predicted molar refractivity (Wildman–Crippen MR) is 148 cm³/mol. The van der Waals surface area contributed by atoms with E-state index in [4.69, 9.17) is 4.99 Å². The summed E-state index contributed by atoms with van der Waals surface area (Å²) < 4.78 is 39.7. The molecule has 3 aromatic rings. The first kappa shape index (κ1) is 23.3. The first-order valence-corrected chi connectivity index (χ1v) is 14.3. The number of allylic oxidation sites excluding steroid dienone is 4. The Labute approximate surface area is 219 Å². The summed E-state index contributed by atoms with van der Waals surface area (Å²) in [6.45, 7) is 0.776. The molecular formula is C32H28F3NS. The predicted octanol–water partition coefficient (Wildman–Crippen LogP) is 9.10. The van der Waals surface area contributed by atoms with E-state index in [-0.39, 0.29) is 0 Å². The van der Waals surface area contributed by atoms with Crippen molar-refractivity contribution in [3.8, 4) is 11.1 Å². The van der Waals surface area contributed by atoms with Crippen LogP contribution in [0.1, 0.15) is 54.4 Å². The SMILES string of the molecule is FC(F)(F)c1ccc(-c2ccc3c4c(ccc3c2C2=NCCS2)C2=C(CCC=C2)C(C2CCC2)C4)cc1. The monoisotopic (exact) mass is 515 g/mol. The van der Waals surface area contributed by atoms with Crippen LogP contribution in [0.4, 0.5) is 13.2 Å². The van der Waals surface area contributed by atoms with Crippen molar-refractivity contribution in [1.82, 2.24) is 0 Å². The average Bonchev–Trinajstić information content (AvgIpc) is 3.41. The van der Waals surface area contributed by atoms with E-state index in [1.165, 1.54) is 65.3 Å². The third kappa shape index (κ3) is 3.89. The molecule has 1 nitrogen and oxygen atoms in total. The Kier molecular flexibility index (Phi) is 5.62. The van der Waals surface area contributed by atoms with Crippen molar-refractivity contribution in [2.45, 2.75) is 44.7 Å². The van der Waals surface area contributed by atoms with Gasteiger partial charge in [-0.25, -0.2) is 0 Å². The molecule has 1 saturated carbocycles. The quantitative estimate of drug-likeness (QED) is 0.339. The number of halogens is 3. The van der Waals surface area contributed by atoms with Crippen LogP contribution in [0.15, 0.2) is 71.2 Å². The minimum Gasteiger partial charge on any atom is -0.277 e. The zero-order valence-corrected chi connectivity index (χ0v) is 21.4. The van der Waals surface area contributed by atoms with Gasteiger partial charge in [0.25, 0.3) is 0 Å². The van der Waals surface area contributed by atoms with Gasteiger partial charge < -0.3 is 0 Å². The molecule has 0 spiro atoms. The van der Waals surface area contributed by atoms with Crippen molar-refractivity contribution in [3.05, 3.63) is 88.5 Å². The third-order valence-electron chi connectivity index (χ3n) is 8.73. The number of thioether (sulfide) groups is 1. The number of alkyl halides is 3. The maximum absolute atomic E-state index is 13.2. The van der Waals surface area contributed by atoms with E-state index in [9.17, 15) is 13.2 Å². The van der Waals surface area contributed by atoms with Crippen LogP contribution in [-0.4, -0.2) is 17.3 Å². The molecule has 0 amide bonds. The topological polar surface area (TPSA) is 12.4 Å². The van der Waals surface area contributed by atoms with Crippen molar-refractivity contribution in [2.75, 3.05) is 12.3 Å². The zero-order chi connectivity index (χ0) is 25.1. The van der Waals surface area contributed by atoms with Crippen molar-refractivity contribution in [2.24, 2.45) is 16.8 Å². The highest BCUT2D eigenvalue weighted by Crippen LogP contribution is 2.50. The van der Waals surface area contributed by atoms with Gasteiger partial charge in [0.05, 0.1) is 10.6 Å². The molecule has 1 atom stereocenters. The van der Waals surface area contributed by atoms with Crippen LogP contribution in [0.5, 0.6) is 0 Å². The Bertz CT molecular complexity index is 1490. The summed E-state index contributed by atoms with van der Waals surface area (Å²) >= 11 is 1.75. The Balaban J connectivity index is 1.42. The van der Waals surface area contributed by atoms with E-state index in [0.717, 1.165) is 52.8 Å². The summed E-state index contributed by atoms with van der Waals surface area (Å²) in [5.74, 6) is 2.36. The summed E-state index contributed by atoms with van der Waals surface area (Å²) in [7, 11) is 0.